The van der Waals surface area contributed by atoms with Crippen LogP contribution in [0.4, 0.5) is 0 Å². The number of hydrogen-bond acceptors (Lipinski definition) is 6. The van der Waals surface area contributed by atoms with Crippen molar-refractivity contribution in [2.75, 3.05) is 13.2 Å². The van der Waals surface area contributed by atoms with Crippen molar-refractivity contribution in [3.63, 3.8) is 0 Å². The normalized spacial score (nSPS) is 12.7. The van der Waals surface area contributed by atoms with E-state index < -0.39 is 6.10 Å². The predicted octanol–water partition coefficient (Wildman–Crippen LogP) is 18.4. The molecule has 0 saturated heterocycles. The van der Waals surface area contributed by atoms with Gasteiger partial charge in [-0.25, -0.2) is 0 Å². The summed E-state index contributed by atoms with van der Waals surface area (Å²) < 4.78 is 16.8. The average molecular weight is 919 g/mol. The van der Waals surface area contributed by atoms with Gasteiger partial charge in [-0.1, -0.05) is 228 Å². The van der Waals surface area contributed by atoms with Crippen LogP contribution in [0.3, 0.4) is 0 Å². The number of hydrogen-bond donors (Lipinski definition) is 0. The minimum absolute atomic E-state index is 0.0961. The van der Waals surface area contributed by atoms with Gasteiger partial charge in [0.05, 0.1) is 0 Å². The largest absolute Gasteiger partial charge is 0.462 e. The third-order valence-corrected chi connectivity index (χ3v) is 11.6. The Morgan fingerprint density at radius 3 is 0.985 bits per heavy atom. The highest BCUT2D eigenvalue weighted by Gasteiger charge is 2.19. The summed E-state index contributed by atoms with van der Waals surface area (Å²) in [6.45, 7) is 6.46. The summed E-state index contributed by atoms with van der Waals surface area (Å²) in [6.07, 6.45) is 70.0. The minimum atomic E-state index is -0.802. The highest BCUT2D eigenvalue weighted by Crippen LogP contribution is 2.15. The number of carbonyl (C=O) groups excluding carboxylic acids is 3. The first kappa shape index (κ1) is 62.6. The average Bonchev–Trinajstić information content (AvgIpc) is 3.31. The summed E-state index contributed by atoms with van der Waals surface area (Å²) in [6, 6.07) is 0. The van der Waals surface area contributed by atoms with Gasteiger partial charge in [-0.15, -0.1) is 0 Å². The van der Waals surface area contributed by atoms with Crippen LogP contribution in [0.15, 0.2) is 85.1 Å². The van der Waals surface area contributed by atoms with E-state index in [9.17, 15) is 14.4 Å². The van der Waals surface area contributed by atoms with Gasteiger partial charge in [-0.3, -0.25) is 14.4 Å². The lowest BCUT2D eigenvalue weighted by Gasteiger charge is -2.18. The molecule has 0 spiro atoms. The molecule has 0 aromatic heterocycles. The Bertz CT molecular complexity index is 1290. The Kier molecular flexibility index (Phi) is 51.4. The quantitative estimate of drug-likeness (QED) is 0.0262. The smallest absolute Gasteiger partial charge is 0.306 e. The maximum Gasteiger partial charge on any atom is 0.306 e. The highest BCUT2D eigenvalue weighted by molar-refractivity contribution is 5.71. The number of unbranched alkanes of at least 4 members (excludes halogenated alkanes) is 24. The SMILES string of the molecule is CC/C=C\C/C=C\C/C=C\C/C=C\CCCCC(=O)O[C@@H](COC(=O)CCCCCCCC/C=C\C/C=C\C/C=C\CCCCC)COC(=O)CCCCCCCCCCCCCCCC. The summed E-state index contributed by atoms with van der Waals surface area (Å²) in [5.74, 6) is -0.947. The topological polar surface area (TPSA) is 78.9 Å². The predicted molar refractivity (Wildman–Crippen MR) is 284 cm³/mol. The number of esters is 3. The van der Waals surface area contributed by atoms with E-state index in [1.165, 1.54) is 116 Å². The van der Waals surface area contributed by atoms with E-state index >= 15 is 0 Å². The maximum atomic E-state index is 12.8. The fourth-order valence-corrected chi connectivity index (χ4v) is 7.50. The molecule has 0 amide bonds. The third-order valence-electron chi connectivity index (χ3n) is 11.6. The van der Waals surface area contributed by atoms with Crippen LogP contribution >= 0.6 is 0 Å². The maximum absolute atomic E-state index is 12.8. The zero-order chi connectivity index (χ0) is 47.9. The summed E-state index contributed by atoms with van der Waals surface area (Å²) in [7, 11) is 0. The standard InChI is InChI=1S/C60H102O6/c1-4-7-10-13-16-19-22-25-28-29-30-31-33-35-38-41-44-47-50-53-59(62)65-56-57(55-64-58(61)52-49-46-43-40-37-34-27-24-21-18-15-12-9-6-3)66-60(63)54-51-48-45-42-39-36-32-26-23-20-17-14-11-8-5-2/h8,11,16-17,19-20,25-26,28,30-32,39,42,57H,4-7,9-10,12-15,18,21-24,27,29,33-38,40-41,43-56H2,1-3H3/b11-8-,19-16-,20-17-,28-25-,31-30-,32-26-,42-39-/t57-/m1/s1. The third kappa shape index (κ3) is 51.6. The minimum Gasteiger partial charge on any atom is -0.462 e. The van der Waals surface area contributed by atoms with Crippen LogP contribution in [-0.2, 0) is 28.6 Å². The molecule has 66 heavy (non-hydrogen) atoms. The van der Waals surface area contributed by atoms with Crippen molar-refractivity contribution in [2.45, 2.75) is 264 Å². The molecule has 6 heteroatoms. The van der Waals surface area contributed by atoms with Crippen LogP contribution in [-0.4, -0.2) is 37.2 Å². The molecule has 0 aromatic rings. The van der Waals surface area contributed by atoms with E-state index in [4.69, 9.17) is 14.2 Å². The van der Waals surface area contributed by atoms with Crippen LogP contribution < -0.4 is 0 Å². The molecule has 0 heterocycles. The molecule has 1 atom stereocenters. The molecular weight excluding hydrogens is 817 g/mol. The summed E-state index contributed by atoms with van der Waals surface area (Å²) in [4.78, 5) is 38.1. The van der Waals surface area contributed by atoms with Crippen LogP contribution in [0.25, 0.3) is 0 Å². The molecule has 0 unspecified atom stereocenters. The molecule has 0 saturated carbocycles. The molecule has 6 nitrogen and oxygen atoms in total. The second-order valence-corrected chi connectivity index (χ2v) is 18.1. The summed E-state index contributed by atoms with van der Waals surface area (Å²) in [5.41, 5.74) is 0. The van der Waals surface area contributed by atoms with Crippen molar-refractivity contribution < 1.29 is 28.6 Å². The zero-order valence-electron chi connectivity index (χ0n) is 43.2. The molecule has 0 aliphatic rings. The monoisotopic (exact) mass is 919 g/mol. The van der Waals surface area contributed by atoms with Crippen molar-refractivity contribution in [1.29, 1.82) is 0 Å². The number of allylic oxidation sites excluding steroid dienone is 14. The lowest BCUT2D eigenvalue weighted by molar-refractivity contribution is -0.167. The Morgan fingerprint density at radius 2 is 0.591 bits per heavy atom. The first-order valence-corrected chi connectivity index (χ1v) is 27.6. The fourth-order valence-electron chi connectivity index (χ4n) is 7.50. The molecule has 0 fully saturated rings. The molecule has 0 aromatic carbocycles. The molecule has 0 radical (unpaired) electrons. The van der Waals surface area contributed by atoms with Gasteiger partial charge in [0, 0.05) is 19.3 Å². The van der Waals surface area contributed by atoms with Crippen LogP contribution in [0.1, 0.15) is 258 Å². The van der Waals surface area contributed by atoms with Gasteiger partial charge in [0.2, 0.25) is 0 Å². The van der Waals surface area contributed by atoms with Crippen LogP contribution in [0.2, 0.25) is 0 Å². The van der Waals surface area contributed by atoms with Crippen LogP contribution in [0.5, 0.6) is 0 Å². The number of rotatable bonds is 49. The van der Waals surface area contributed by atoms with Gasteiger partial charge in [0.1, 0.15) is 13.2 Å². The lowest BCUT2D eigenvalue weighted by Crippen LogP contribution is -2.30. The Morgan fingerprint density at radius 1 is 0.318 bits per heavy atom. The van der Waals surface area contributed by atoms with Crippen molar-refractivity contribution in [2.24, 2.45) is 0 Å². The Labute approximate surface area is 407 Å². The molecular formula is C60H102O6. The lowest BCUT2D eigenvalue weighted by atomic mass is 10.0. The van der Waals surface area contributed by atoms with E-state index in [2.05, 4.69) is 106 Å². The van der Waals surface area contributed by atoms with E-state index in [0.29, 0.717) is 19.3 Å². The van der Waals surface area contributed by atoms with Gasteiger partial charge < -0.3 is 14.2 Å². The summed E-state index contributed by atoms with van der Waals surface area (Å²) in [5, 5.41) is 0. The van der Waals surface area contributed by atoms with E-state index in [0.717, 1.165) is 96.3 Å². The van der Waals surface area contributed by atoms with Gasteiger partial charge in [-0.2, -0.15) is 0 Å². The van der Waals surface area contributed by atoms with Crippen molar-refractivity contribution >= 4 is 17.9 Å². The van der Waals surface area contributed by atoms with Crippen molar-refractivity contribution in [1.82, 2.24) is 0 Å². The number of ether oxygens (including phenoxy) is 3. The molecule has 0 bridgehead atoms. The molecule has 378 valence electrons. The van der Waals surface area contributed by atoms with Gasteiger partial charge in [0.25, 0.3) is 0 Å². The Balaban J connectivity index is 4.45. The fraction of sp³-hybridized carbons (Fsp3) is 0.717. The van der Waals surface area contributed by atoms with E-state index in [1.54, 1.807) is 0 Å². The molecule has 0 N–H and O–H groups in total. The van der Waals surface area contributed by atoms with Gasteiger partial charge >= 0.3 is 17.9 Å². The number of carbonyl (C=O) groups is 3. The van der Waals surface area contributed by atoms with Crippen LogP contribution in [0, 0.1) is 0 Å². The zero-order valence-corrected chi connectivity index (χ0v) is 43.2. The van der Waals surface area contributed by atoms with Gasteiger partial charge in [-0.05, 0) is 96.3 Å². The second kappa shape index (κ2) is 54.2. The van der Waals surface area contributed by atoms with Gasteiger partial charge in [0.15, 0.2) is 6.10 Å². The van der Waals surface area contributed by atoms with Crippen molar-refractivity contribution in [3.8, 4) is 0 Å². The first-order chi connectivity index (χ1) is 32.5. The molecule has 0 rings (SSSR count). The highest BCUT2D eigenvalue weighted by atomic mass is 16.6. The second-order valence-electron chi connectivity index (χ2n) is 18.1. The van der Waals surface area contributed by atoms with Crippen molar-refractivity contribution in [3.05, 3.63) is 85.1 Å². The Hall–Kier alpha value is -3.41. The first-order valence-electron chi connectivity index (χ1n) is 27.6. The molecule has 0 aliphatic carbocycles. The molecule has 0 aliphatic heterocycles. The van der Waals surface area contributed by atoms with E-state index in [-0.39, 0.29) is 37.5 Å². The summed E-state index contributed by atoms with van der Waals surface area (Å²) >= 11 is 0. The van der Waals surface area contributed by atoms with E-state index in [1.807, 2.05) is 0 Å².